The number of aromatic nitrogens is 2. The highest BCUT2D eigenvalue weighted by Crippen LogP contribution is 2.32. The van der Waals surface area contributed by atoms with Crippen LogP contribution in [0.3, 0.4) is 0 Å². The summed E-state index contributed by atoms with van der Waals surface area (Å²) in [6, 6.07) is 7.31. The van der Waals surface area contributed by atoms with Crippen LogP contribution in [0.5, 0.6) is 11.8 Å². The summed E-state index contributed by atoms with van der Waals surface area (Å²) in [6.45, 7) is 1.85. The van der Waals surface area contributed by atoms with Crippen LogP contribution < -0.4 is 10.5 Å². The summed E-state index contributed by atoms with van der Waals surface area (Å²) >= 11 is 2.06. The van der Waals surface area contributed by atoms with E-state index >= 15 is 0 Å². The van der Waals surface area contributed by atoms with E-state index in [0.717, 1.165) is 9.26 Å². The molecule has 0 saturated heterocycles. The lowest BCUT2D eigenvalue weighted by atomic mass is 10.2. The highest BCUT2D eigenvalue weighted by Gasteiger charge is 2.11. The molecule has 0 aliphatic rings. The third-order valence-electron chi connectivity index (χ3n) is 2.17. The van der Waals surface area contributed by atoms with Gasteiger partial charge < -0.3 is 10.5 Å². The summed E-state index contributed by atoms with van der Waals surface area (Å²) in [6.07, 6.45) is 1.62. The number of anilines is 1. The minimum Gasteiger partial charge on any atom is -0.421 e. The summed E-state index contributed by atoms with van der Waals surface area (Å²) in [7, 11) is 0. The molecular weight excluding hydrogens is 343 g/mol. The van der Waals surface area contributed by atoms with Crippen LogP contribution in [0.2, 0.25) is 0 Å². The maximum absolute atomic E-state index is 8.83. The van der Waals surface area contributed by atoms with Gasteiger partial charge in [-0.2, -0.15) is 5.26 Å². The molecule has 0 radical (unpaired) electrons. The lowest BCUT2D eigenvalue weighted by Crippen LogP contribution is -1.99. The van der Waals surface area contributed by atoms with E-state index in [1.54, 1.807) is 24.4 Å². The van der Waals surface area contributed by atoms with Gasteiger partial charge in [0.15, 0.2) is 5.75 Å². The summed E-state index contributed by atoms with van der Waals surface area (Å²) in [4.78, 5) is 8.14. The van der Waals surface area contributed by atoms with Crippen molar-refractivity contribution < 1.29 is 4.74 Å². The number of hydrogen-bond acceptors (Lipinski definition) is 5. The molecule has 1 aromatic heterocycles. The van der Waals surface area contributed by atoms with Crippen molar-refractivity contribution in [3.05, 3.63) is 39.2 Å². The van der Waals surface area contributed by atoms with Gasteiger partial charge in [-0.25, -0.2) is 9.97 Å². The Kier molecular flexibility index (Phi) is 3.62. The van der Waals surface area contributed by atoms with Crippen LogP contribution in [-0.4, -0.2) is 9.97 Å². The third kappa shape index (κ3) is 2.68. The van der Waals surface area contributed by atoms with Gasteiger partial charge >= 0.3 is 6.01 Å². The maximum Gasteiger partial charge on any atom is 0.322 e. The lowest BCUT2D eigenvalue weighted by Gasteiger charge is -2.09. The second-order valence-corrected chi connectivity index (χ2v) is 4.73. The van der Waals surface area contributed by atoms with E-state index < -0.39 is 0 Å². The van der Waals surface area contributed by atoms with Crippen LogP contribution in [0, 0.1) is 21.8 Å². The maximum atomic E-state index is 8.83. The van der Waals surface area contributed by atoms with E-state index in [0.29, 0.717) is 17.0 Å². The highest BCUT2D eigenvalue weighted by atomic mass is 127. The van der Waals surface area contributed by atoms with Gasteiger partial charge in [0.25, 0.3) is 0 Å². The van der Waals surface area contributed by atoms with Gasteiger partial charge in [-0.15, -0.1) is 0 Å². The number of nitrogens with zero attached hydrogens (tertiary/aromatic N) is 3. The number of rotatable bonds is 2. The zero-order valence-electron chi connectivity index (χ0n) is 9.51. The molecule has 18 heavy (non-hydrogen) atoms. The minimum absolute atomic E-state index is 0.240. The molecule has 2 rings (SSSR count). The van der Waals surface area contributed by atoms with Gasteiger partial charge in [0, 0.05) is 11.9 Å². The van der Waals surface area contributed by atoms with Gasteiger partial charge in [-0.1, -0.05) is 0 Å². The molecule has 0 saturated carbocycles. The Balaban J connectivity index is 2.38. The van der Waals surface area contributed by atoms with E-state index in [2.05, 4.69) is 32.6 Å². The van der Waals surface area contributed by atoms with Crippen LogP contribution in [-0.2, 0) is 0 Å². The molecule has 90 valence electrons. The predicted molar refractivity (Wildman–Crippen MR) is 75.1 cm³/mol. The molecule has 1 heterocycles. The first kappa shape index (κ1) is 12.6. The first-order chi connectivity index (χ1) is 8.60. The number of nitriles is 1. The zero-order chi connectivity index (χ0) is 13.1. The molecule has 0 aliphatic carbocycles. The van der Waals surface area contributed by atoms with E-state index in [9.17, 15) is 0 Å². The molecule has 0 fully saturated rings. The summed E-state index contributed by atoms with van der Waals surface area (Å²) in [5, 5.41) is 8.83. The topological polar surface area (TPSA) is 84.8 Å². The van der Waals surface area contributed by atoms with Crippen LogP contribution in [0.4, 0.5) is 5.69 Å². The van der Waals surface area contributed by atoms with Crippen LogP contribution >= 0.6 is 22.6 Å². The second-order valence-electron chi connectivity index (χ2n) is 3.57. The van der Waals surface area contributed by atoms with Crippen LogP contribution in [0.25, 0.3) is 0 Å². The standard InChI is InChI=1S/C12H9IN4O/c1-7-2-3-16-12(17-7)18-11-9(13)4-8(6-14)5-10(11)15/h2-5H,15H2,1H3. The number of nitrogens with two attached hydrogens (primary N) is 1. The number of ether oxygens (including phenoxy) is 1. The molecule has 0 spiro atoms. The summed E-state index contributed by atoms with van der Waals surface area (Å²) in [5.41, 5.74) is 7.54. The number of halogens is 1. The average Bonchev–Trinajstić information content (AvgIpc) is 2.33. The smallest absolute Gasteiger partial charge is 0.322 e. The molecule has 2 N–H and O–H groups in total. The van der Waals surface area contributed by atoms with Crippen molar-refractivity contribution in [3.63, 3.8) is 0 Å². The van der Waals surface area contributed by atoms with Crippen molar-refractivity contribution in [1.82, 2.24) is 9.97 Å². The Labute approximate surface area is 118 Å². The minimum atomic E-state index is 0.240. The van der Waals surface area contributed by atoms with Crippen molar-refractivity contribution in [2.24, 2.45) is 0 Å². The van der Waals surface area contributed by atoms with Gasteiger partial charge in [0.2, 0.25) is 0 Å². The van der Waals surface area contributed by atoms with E-state index in [4.69, 9.17) is 15.7 Å². The second kappa shape index (κ2) is 5.18. The Morgan fingerprint density at radius 1 is 1.44 bits per heavy atom. The van der Waals surface area contributed by atoms with Crippen LogP contribution in [0.15, 0.2) is 24.4 Å². The van der Waals surface area contributed by atoms with E-state index in [1.165, 1.54) is 0 Å². The normalized spacial score (nSPS) is 9.83. The van der Waals surface area contributed by atoms with Crippen molar-refractivity contribution in [2.45, 2.75) is 6.92 Å². The Morgan fingerprint density at radius 3 is 2.83 bits per heavy atom. The van der Waals surface area contributed by atoms with Crippen molar-refractivity contribution >= 4 is 28.3 Å². The molecule has 1 aromatic carbocycles. The number of nitrogen functional groups attached to an aromatic ring is 1. The fourth-order valence-electron chi connectivity index (χ4n) is 1.35. The summed E-state index contributed by atoms with van der Waals surface area (Å²) < 4.78 is 6.30. The Morgan fingerprint density at radius 2 is 2.22 bits per heavy atom. The zero-order valence-corrected chi connectivity index (χ0v) is 11.7. The molecule has 0 amide bonds. The van der Waals surface area contributed by atoms with Crippen molar-refractivity contribution in [1.29, 1.82) is 5.26 Å². The molecule has 0 bridgehead atoms. The fourth-order valence-corrected chi connectivity index (χ4v) is 2.11. The monoisotopic (exact) mass is 352 g/mol. The highest BCUT2D eigenvalue weighted by molar-refractivity contribution is 14.1. The first-order valence-electron chi connectivity index (χ1n) is 5.07. The fraction of sp³-hybridized carbons (Fsp3) is 0.0833. The quantitative estimate of drug-likeness (QED) is 0.664. The number of benzene rings is 1. The Hall–Kier alpha value is -1.88. The number of hydrogen-bond donors (Lipinski definition) is 1. The lowest BCUT2D eigenvalue weighted by molar-refractivity contribution is 0.439. The SMILES string of the molecule is Cc1ccnc(Oc2c(N)cc(C#N)cc2I)n1. The van der Waals surface area contributed by atoms with Gasteiger partial charge in [-0.05, 0) is 47.7 Å². The van der Waals surface area contributed by atoms with E-state index in [-0.39, 0.29) is 6.01 Å². The van der Waals surface area contributed by atoms with Gasteiger partial charge in [0.05, 0.1) is 20.9 Å². The molecule has 0 unspecified atom stereocenters. The molecule has 6 heteroatoms. The van der Waals surface area contributed by atoms with Crippen molar-refractivity contribution in [2.75, 3.05) is 5.73 Å². The molecule has 5 nitrogen and oxygen atoms in total. The number of aryl methyl sites for hydroxylation is 1. The molecular formula is C12H9IN4O. The molecule has 2 aromatic rings. The molecule has 0 aliphatic heterocycles. The Bertz CT molecular complexity index is 613. The predicted octanol–water partition coefficient (Wildman–Crippen LogP) is 2.64. The van der Waals surface area contributed by atoms with E-state index in [1.807, 2.05) is 13.0 Å². The first-order valence-corrected chi connectivity index (χ1v) is 6.14. The van der Waals surface area contributed by atoms with Gasteiger partial charge in [-0.3, -0.25) is 0 Å². The van der Waals surface area contributed by atoms with Crippen molar-refractivity contribution in [3.8, 4) is 17.8 Å². The molecule has 0 atom stereocenters. The summed E-state index contributed by atoms with van der Waals surface area (Å²) in [5.74, 6) is 0.472. The largest absolute Gasteiger partial charge is 0.421 e. The third-order valence-corrected chi connectivity index (χ3v) is 2.97. The van der Waals surface area contributed by atoms with Gasteiger partial charge in [0.1, 0.15) is 0 Å². The van der Waals surface area contributed by atoms with Crippen LogP contribution in [0.1, 0.15) is 11.3 Å². The average molecular weight is 352 g/mol.